The van der Waals surface area contributed by atoms with Gasteiger partial charge in [-0.2, -0.15) is 10.5 Å². The average molecular weight is 335 g/mol. The Hall–Kier alpha value is -3.93. The third-order valence-corrected chi connectivity index (χ3v) is 3.41. The van der Waals surface area contributed by atoms with Crippen molar-refractivity contribution in [3.63, 3.8) is 0 Å². The maximum Gasteiger partial charge on any atom is 0.291 e. The molecule has 0 saturated carbocycles. The molecular formula is C16H13N7O2. The van der Waals surface area contributed by atoms with Gasteiger partial charge < -0.3 is 15.1 Å². The van der Waals surface area contributed by atoms with Crippen molar-refractivity contribution < 1.29 is 9.21 Å². The van der Waals surface area contributed by atoms with E-state index in [1.807, 2.05) is 19.1 Å². The summed E-state index contributed by atoms with van der Waals surface area (Å²) in [4.78, 5) is 12.1. The molecule has 0 aliphatic heterocycles. The van der Waals surface area contributed by atoms with Gasteiger partial charge in [0.1, 0.15) is 11.6 Å². The van der Waals surface area contributed by atoms with Crippen molar-refractivity contribution in [1.82, 2.24) is 20.6 Å². The van der Waals surface area contributed by atoms with E-state index in [4.69, 9.17) is 4.42 Å². The van der Waals surface area contributed by atoms with Gasteiger partial charge in [0.2, 0.25) is 5.82 Å². The predicted octanol–water partition coefficient (Wildman–Crippen LogP) is 2.33. The normalized spacial score (nSPS) is 11.0. The Balaban J connectivity index is 1.79. The van der Waals surface area contributed by atoms with Crippen LogP contribution in [0.5, 0.6) is 0 Å². The molecule has 3 aromatic rings. The molecule has 9 heteroatoms. The lowest BCUT2D eigenvalue weighted by Crippen LogP contribution is -2.12. The molecule has 2 aromatic heterocycles. The Morgan fingerprint density at radius 2 is 2.16 bits per heavy atom. The minimum Gasteiger partial charge on any atom is -0.459 e. The summed E-state index contributed by atoms with van der Waals surface area (Å²) < 4.78 is 5.08. The van der Waals surface area contributed by atoms with E-state index in [2.05, 4.69) is 31.3 Å². The van der Waals surface area contributed by atoms with Crippen LogP contribution in [0.15, 0.2) is 47.2 Å². The monoisotopic (exact) mass is 335 g/mol. The van der Waals surface area contributed by atoms with E-state index in [1.54, 1.807) is 24.3 Å². The maximum atomic E-state index is 12.1. The van der Waals surface area contributed by atoms with E-state index in [9.17, 15) is 10.1 Å². The van der Waals surface area contributed by atoms with E-state index in [0.717, 1.165) is 5.56 Å². The van der Waals surface area contributed by atoms with Crippen molar-refractivity contribution in [2.45, 2.75) is 6.92 Å². The lowest BCUT2D eigenvalue weighted by Gasteiger charge is -2.12. The molecule has 1 amide bonds. The Morgan fingerprint density at radius 1 is 1.32 bits per heavy atom. The Labute approximate surface area is 142 Å². The highest BCUT2D eigenvalue weighted by molar-refractivity contribution is 6.03. The largest absolute Gasteiger partial charge is 0.459 e. The van der Waals surface area contributed by atoms with E-state index in [-0.39, 0.29) is 23.1 Å². The highest BCUT2D eigenvalue weighted by atomic mass is 16.3. The molecule has 0 aliphatic carbocycles. The number of tetrazole rings is 1. The van der Waals surface area contributed by atoms with Crippen LogP contribution in [0.2, 0.25) is 0 Å². The number of furan rings is 1. The van der Waals surface area contributed by atoms with Gasteiger partial charge in [0.05, 0.1) is 6.26 Å². The first-order valence-electron chi connectivity index (χ1n) is 7.24. The number of anilines is 2. The van der Waals surface area contributed by atoms with Crippen molar-refractivity contribution in [3.05, 3.63) is 59.9 Å². The summed E-state index contributed by atoms with van der Waals surface area (Å²) in [5.41, 5.74) is 2.36. The first-order chi connectivity index (χ1) is 12.2. The van der Waals surface area contributed by atoms with Crippen LogP contribution in [0, 0.1) is 18.3 Å². The molecule has 0 saturated heterocycles. The van der Waals surface area contributed by atoms with Gasteiger partial charge >= 0.3 is 0 Å². The summed E-state index contributed by atoms with van der Waals surface area (Å²) in [6.07, 6.45) is 2.91. The molecule has 0 radical (unpaired) electrons. The summed E-state index contributed by atoms with van der Waals surface area (Å²) >= 11 is 0. The smallest absolute Gasteiger partial charge is 0.291 e. The van der Waals surface area contributed by atoms with E-state index < -0.39 is 0 Å². The Bertz CT molecular complexity index is 938. The summed E-state index contributed by atoms with van der Waals surface area (Å²) in [6.45, 7) is 1.84. The van der Waals surface area contributed by atoms with Gasteiger partial charge in [0.25, 0.3) is 5.91 Å². The first-order valence-corrected chi connectivity index (χ1v) is 7.24. The van der Waals surface area contributed by atoms with Crippen LogP contribution < -0.4 is 10.6 Å². The van der Waals surface area contributed by atoms with Crippen LogP contribution in [0.25, 0.3) is 5.57 Å². The molecule has 0 spiro atoms. The summed E-state index contributed by atoms with van der Waals surface area (Å²) in [5.74, 6) is 0.0711. The van der Waals surface area contributed by atoms with Crippen LogP contribution in [-0.2, 0) is 0 Å². The lowest BCUT2D eigenvalue weighted by molar-refractivity contribution is 0.0996. The molecule has 0 fully saturated rings. The number of aromatic amines is 1. The van der Waals surface area contributed by atoms with Crippen LogP contribution in [0.3, 0.4) is 0 Å². The Kier molecular flexibility index (Phi) is 4.53. The van der Waals surface area contributed by atoms with E-state index in [1.165, 1.54) is 12.5 Å². The fraction of sp³-hybridized carbons (Fsp3) is 0.0625. The van der Waals surface area contributed by atoms with Crippen molar-refractivity contribution in [2.75, 3.05) is 10.6 Å². The number of nitriles is 1. The van der Waals surface area contributed by atoms with Crippen LogP contribution >= 0.6 is 0 Å². The minimum absolute atomic E-state index is 0.190. The molecule has 3 N–H and O–H groups in total. The van der Waals surface area contributed by atoms with Crippen molar-refractivity contribution in [3.8, 4) is 6.07 Å². The zero-order chi connectivity index (χ0) is 17.6. The predicted molar refractivity (Wildman–Crippen MR) is 89.2 cm³/mol. The zero-order valence-electron chi connectivity index (χ0n) is 13.1. The number of rotatable bonds is 5. The van der Waals surface area contributed by atoms with Gasteiger partial charge in [-0.15, -0.1) is 10.2 Å². The molecule has 0 atom stereocenters. The molecule has 25 heavy (non-hydrogen) atoms. The van der Waals surface area contributed by atoms with Gasteiger partial charge in [0.15, 0.2) is 5.76 Å². The fourth-order valence-corrected chi connectivity index (χ4v) is 2.09. The number of amides is 1. The number of allylic oxidation sites excluding steroid dienone is 1. The quantitative estimate of drug-likeness (QED) is 0.609. The summed E-state index contributed by atoms with van der Waals surface area (Å²) in [5, 5.41) is 28.2. The van der Waals surface area contributed by atoms with Crippen molar-refractivity contribution in [1.29, 1.82) is 5.26 Å². The standard InChI is InChI=1S/C16H13N7O2/c1-10-12(18-9-11(8-17)15-20-22-23-21-15)4-2-5-13(10)19-16(24)14-6-3-7-25-14/h2-7,9,18H,1H3,(H,19,24)(H,20,21,22,23). The molecule has 0 unspecified atom stereocenters. The van der Waals surface area contributed by atoms with Crippen LogP contribution in [-0.4, -0.2) is 26.5 Å². The number of benzene rings is 1. The van der Waals surface area contributed by atoms with Gasteiger partial charge in [-0.1, -0.05) is 6.07 Å². The molecule has 2 heterocycles. The summed E-state index contributed by atoms with van der Waals surface area (Å²) in [7, 11) is 0. The average Bonchev–Trinajstić information content (AvgIpc) is 3.32. The molecule has 0 bridgehead atoms. The molecule has 0 aliphatic rings. The number of carbonyl (C=O) groups excluding carboxylic acids is 1. The Morgan fingerprint density at radius 3 is 2.84 bits per heavy atom. The fourth-order valence-electron chi connectivity index (χ4n) is 2.09. The molecular weight excluding hydrogens is 322 g/mol. The van der Waals surface area contributed by atoms with E-state index >= 15 is 0 Å². The number of carbonyl (C=O) groups is 1. The maximum absolute atomic E-state index is 12.1. The van der Waals surface area contributed by atoms with Gasteiger partial charge in [0, 0.05) is 17.6 Å². The van der Waals surface area contributed by atoms with Gasteiger partial charge in [-0.25, -0.2) is 0 Å². The number of hydrogen-bond acceptors (Lipinski definition) is 7. The van der Waals surface area contributed by atoms with Crippen LogP contribution in [0.4, 0.5) is 11.4 Å². The number of nitrogens with one attached hydrogen (secondary N) is 3. The second-order valence-corrected chi connectivity index (χ2v) is 4.96. The summed E-state index contributed by atoms with van der Waals surface area (Å²) in [6, 6.07) is 10.6. The second-order valence-electron chi connectivity index (χ2n) is 4.96. The second kappa shape index (κ2) is 7.10. The minimum atomic E-state index is -0.342. The topological polar surface area (TPSA) is 133 Å². The SMILES string of the molecule is Cc1c(NC=C(C#N)c2nn[nH]n2)cccc1NC(=O)c1ccco1. The highest BCUT2D eigenvalue weighted by Gasteiger charge is 2.12. The van der Waals surface area contributed by atoms with E-state index in [0.29, 0.717) is 11.4 Å². The highest BCUT2D eigenvalue weighted by Crippen LogP contribution is 2.24. The number of H-pyrrole nitrogens is 1. The first kappa shape index (κ1) is 15.9. The third kappa shape index (κ3) is 3.53. The van der Waals surface area contributed by atoms with Crippen molar-refractivity contribution in [2.24, 2.45) is 0 Å². The molecule has 124 valence electrons. The zero-order valence-corrected chi connectivity index (χ0v) is 13.1. The molecule has 1 aromatic carbocycles. The van der Waals surface area contributed by atoms with Crippen LogP contribution in [0.1, 0.15) is 21.9 Å². The van der Waals surface area contributed by atoms with Crippen molar-refractivity contribution >= 4 is 22.9 Å². The lowest BCUT2D eigenvalue weighted by atomic mass is 10.1. The number of hydrogen-bond donors (Lipinski definition) is 3. The molecule has 3 rings (SSSR count). The van der Waals surface area contributed by atoms with Gasteiger partial charge in [-0.3, -0.25) is 4.79 Å². The third-order valence-electron chi connectivity index (χ3n) is 3.41. The van der Waals surface area contributed by atoms with Gasteiger partial charge in [-0.05, 0) is 42.0 Å². The number of aromatic nitrogens is 4. The number of nitrogens with zero attached hydrogens (tertiary/aromatic N) is 4. The molecule has 9 nitrogen and oxygen atoms in total.